The minimum Gasteiger partial charge on any atom is -0.444 e. The maximum absolute atomic E-state index is 11.6. The van der Waals surface area contributed by atoms with E-state index in [-0.39, 0.29) is 6.61 Å². The molecule has 0 aliphatic heterocycles. The molecule has 1 aromatic carbocycles. The number of benzene rings is 1. The van der Waals surface area contributed by atoms with E-state index in [0.29, 0.717) is 21.3 Å². The van der Waals surface area contributed by atoms with E-state index in [4.69, 9.17) is 27.9 Å². The van der Waals surface area contributed by atoms with Crippen LogP contribution in [0.2, 0.25) is 10.0 Å². The van der Waals surface area contributed by atoms with Crippen LogP contribution in [0, 0.1) is 0 Å². The van der Waals surface area contributed by atoms with Crippen LogP contribution in [0.25, 0.3) is 0 Å². The van der Waals surface area contributed by atoms with E-state index in [1.165, 1.54) is 12.1 Å². The van der Waals surface area contributed by atoms with Gasteiger partial charge in [-0.05, 0) is 32.9 Å². The van der Waals surface area contributed by atoms with Gasteiger partial charge in [0.25, 0.3) is 0 Å². The molecule has 0 radical (unpaired) electrons. The Morgan fingerprint density at radius 2 is 1.89 bits per heavy atom. The molecule has 0 saturated heterocycles. The highest BCUT2D eigenvalue weighted by Crippen LogP contribution is 2.29. The molecule has 1 amide bonds. The van der Waals surface area contributed by atoms with Crippen LogP contribution in [-0.4, -0.2) is 16.8 Å². The van der Waals surface area contributed by atoms with Crippen molar-refractivity contribution in [2.24, 2.45) is 0 Å². The summed E-state index contributed by atoms with van der Waals surface area (Å²) in [4.78, 5) is 11.6. The fourth-order valence-electron chi connectivity index (χ4n) is 1.25. The van der Waals surface area contributed by atoms with E-state index in [1.54, 1.807) is 20.8 Å². The van der Waals surface area contributed by atoms with Gasteiger partial charge in [-0.1, -0.05) is 23.2 Å². The van der Waals surface area contributed by atoms with E-state index >= 15 is 0 Å². The van der Waals surface area contributed by atoms with Crippen molar-refractivity contribution in [2.75, 3.05) is 5.32 Å². The summed E-state index contributed by atoms with van der Waals surface area (Å²) in [6.07, 6.45) is -0.615. The Morgan fingerprint density at radius 3 is 2.39 bits per heavy atom. The summed E-state index contributed by atoms with van der Waals surface area (Å²) in [7, 11) is 0. The monoisotopic (exact) mass is 291 g/mol. The molecule has 0 fully saturated rings. The first-order valence-electron chi connectivity index (χ1n) is 5.31. The van der Waals surface area contributed by atoms with Crippen molar-refractivity contribution in [1.29, 1.82) is 0 Å². The first kappa shape index (κ1) is 15.1. The van der Waals surface area contributed by atoms with Crippen molar-refractivity contribution in [3.8, 4) is 0 Å². The number of hydrogen-bond donors (Lipinski definition) is 2. The first-order valence-corrected chi connectivity index (χ1v) is 6.07. The number of aliphatic hydroxyl groups excluding tert-OH is 1. The van der Waals surface area contributed by atoms with Gasteiger partial charge in [0.2, 0.25) is 0 Å². The largest absolute Gasteiger partial charge is 0.444 e. The zero-order valence-electron chi connectivity index (χ0n) is 10.4. The van der Waals surface area contributed by atoms with Crippen molar-refractivity contribution < 1.29 is 14.6 Å². The highest BCUT2D eigenvalue weighted by atomic mass is 35.5. The van der Waals surface area contributed by atoms with Gasteiger partial charge in [-0.2, -0.15) is 0 Å². The summed E-state index contributed by atoms with van der Waals surface area (Å²) >= 11 is 11.7. The number of anilines is 1. The second kappa shape index (κ2) is 5.78. The zero-order valence-corrected chi connectivity index (χ0v) is 11.9. The summed E-state index contributed by atoms with van der Waals surface area (Å²) in [5.74, 6) is 0. The number of carbonyl (C=O) groups excluding carboxylic acids is 1. The molecule has 6 heteroatoms. The summed E-state index contributed by atoms with van der Waals surface area (Å²) in [6, 6.07) is 2.97. The molecule has 0 unspecified atom stereocenters. The van der Waals surface area contributed by atoms with Gasteiger partial charge in [0.1, 0.15) is 5.60 Å². The molecule has 0 aliphatic carbocycles. The third-order valence-corrected chi connectivity index (χ3v) is 2.67. The van der Waals surface area contributed by atoms with Gasteiger partial charge in [0.15, 0.2) is 0 Å². The summed E-state index contributed by atoms with van der Waals surface area (Å²) in [6.45, 7) is 5.01. The van der Waals surface area contributed by atoms with Crippen LogP contribution in [0.1, 0.15) is 26.3 Å². The maximum atomic E-state index is 11.6. The van der Waals surface area contributed by atoms with Crippen LogP contribution in [0.3, 0.4) is 0 Å². The molecule has 0 heterocycles. The number of aliphatic hydroxyl groups is 1. The molecule has 2 N–H and O–H groups in total. The maximum Gasteiger partial charge on any atom is 0.412 e. The van der Waals surface area contributed by atoms with Crippen LogP contribution < -0.4 is 5.32 Å². The average Bonchev–Trinajstić information content (AvgIpc) is 2.20. The van der Waals surface area contributed by atoms with Crippen molar-refractivity contribution in [3.63, 3.8) is 0 Å². The summed E-state index contributed by atoms with van der Waals surface area (Å²) in [5, 5.41) is 12.3. The minimum absolute atomic E-state index is 0.262. The molecule has 0 aromatic heterocycles. The van der Waals surface area contributed by atoms with Gasteiger partial charge < -0.3 is 9.84 Å². The molecular weight excluding hydrogens is 277 g/mol. The van der Waals surface area contributed by atoms with Gasteiger partial charge in [-0.3, -0.25) is 5.32 Å². The third kappa shape index (κ3) is 4.37. The lowest BCUT2D eigenvalue weighted by Crippen LogP contribution is -2.27. The molecular formula is C12H15Cl2NO3. The molecule has 100 valence electrons. The first-order chi connectivity index (χ1) is 8.23. The number of rotatable bonds is 2. The predicted octanol–water partition coefficient (Wildman–Crippen LogP) is 3.83. The van der Waals surface area contributed by atoms with Gasteiger partial charge in [-0.25, -0.2) is 4.79 Å². The molecule has 0 saturated carbocycles. The smallest absolute Gasteiger partial charge is 0.412 e. The third-order valence-electron chi connectivity index (χ3n) is 1.95. The Hall–Kier alpha value is -0.970. The lowest BCUT2D eigenvalue weighted by molar-refractivity contribution is 0.0635. The second-order valence-corrected chi connectivity index (χ2v) is 5.52. The molecule has 0 aliphatic rings. The van der Waals surface area contributed by atoms with E-state index in [1.807, 2.05) is 0 Å². The highest BCUT2D eigenvalue weighted by Gasteiger charge is 2.17. The highest BCUT2D eigenvalue weighted by molar-refractivity contribution is 6.42. The number of halogens is 2. The number of ether oxygens (including phenoxy) is 1. The average molecular weight is 292 g/mol. The topological polar surface area (TPSA) is 58.6 Å². The standard InChI is InChI=1S/C12H15Cl2NO3/c1-12(2,3)18-11(17)15-10-5-9(14)8(13)4-7(10)6-16/h4-5,16H,6H2,1-3H3,(H,15,17). The zero-order chi connectivity index (χ0) is 13.9. The molecule has 1 rings (SSSR count). The number of hydrogen-bond acceptors (Lipinski definition) is 3. The summed E-state index contributed by atoms with van der Waals surface area (Å²) in [5.41, 5.74) is 0.246. The fourth-order valence-corrected chi connectivity index (χ4v) is 1.60. The van der Waals surface area contributed by atoms with Crippen LogP contribution in [0.5, 0.6) is 0 Å². The fraction of sp³-hybridized carbons (Fsp3) is 0.417. The molecule has 18 heavy (non-hydrogen) atoms. The van der Waals surface area contributed by atoms with Crippen molar-refractivity contribution >= 4 is 35.0 Å². The quantitative estimate of drug-likeness (QED) is 0.870. The number of nitrogens with one attached hydrogen (secondary N) is 1. The van der Waals surface area contributed by atoms with Crippen LogP contribution in [0.15, 0.2) is 12.1 Å². The summed E-state index contributed by atoms with van der Waals surface area (Å²) < 4.78 is 5.10. The van der Waals surface area contributed by atoms with Crippen molar-refractivity contribution in [3.05, 3.63) is 27.7 Å². The molecule has 0 atom stereocenters. The SMILES string of the molecule is CC(C)(C)OC(=O)Nc1cc(Cl)c(Cl)cc1CO. The van der Waals surface area contributed by atoms with E-state index in [2.05, 4.69) is 5.32 Å². The Morgan fingerprint density at radius 1 is 1.33 bits per heavy atom. The molecule has 4 nitrogen and oxygen atoms in total. The Bertz CT molecular complexity index is 455. The number of amides is 1. The van der Waals surface area contributed by atoms with Gasteiger partial charge >= 0.3 is 6.09 Å². The molecule has 0 spiro atoms. The van der Waals surface area contributed by atoms with Gasteiger partial charge in [0.05, 0.1) is 22.3 Å². The van der Waals surface area contributed by atoms with E-state index in [9.17, 15) is 9.90 Å². The Balaban J connectivity index is 2.90. The van der Waals surface area contributed by atoms with Crippen molar-refractivity contribution in [1.82, 2.24) is 0 Å². The second-order valence-electron chi connectivity index (χ2n) is 4.71. The van der Waals surface area contributed by atoms with E-state index in [0.717, 1.165) is 0 Å². The van der Waals surface area contributed by atoms with Crippen LogP contribution >= 0.6 is 23.2 Å². The van der Waals surface area contributed by atoms with Gasteiger partial charge in [0, 0.05) is 5.56 Å². The normalized spacial score (nSPS) is 11.2. The Labute approximate surface area is 116 Å². The lowest BCUT2D eigenvalue weighted by Gasteiger charge is -2.20. The van der Waals surface area contributed by atoms with Gasteiger partial charge in [-0.15, -0.1) is 0 Å². The Kier molecular flexibility index (Phi) is 4.85. The van der Waals surface area contributed by atoms with Crippen molar-refractivity contribution in [2.45, 2.75) is 33.0 Å². The molecule has 1 aromatic rings. The predicted molar refractivity (Wildman–Crippen MR) is 72.2 cm³/mol. The molecule has 0 bridgehead atoms. The minimum atomic E-state index is -0.615. The van der Waals surface area contributed by atoms with Crippen LogP contribution in [-0.2, 0) is 11.3 Å². The van der Waals surface area contributed by atoms with Crippen LogP contribution in [0.4, 0.5) is 10.5 Å². The number of carbonyl (C=O) groups is 1. The lowest BCUT2D eigenvalue weighted by atomic mass is 10.2. The van der Waals surface area contributed by atoms with E-state index < -0.39 is 11.7 Å².